The van der Waals surface area contributed by atoms with Crippen LogP contribution in [0.5, 0.6) is 0 Å². The Morgan fingerprint density at radius 1 is 1.27 bits per heavy atom. The van der Waals surface area contributed by atoms with Crippen molar-refractivity contribution in [3.63, 3.8) is 0 Å². The molecular formula is C18H12N2O2. The van der Waals surface area contributed by atoms with Gasteiger partial charge in [0.25, 0.3) is 0 Å². The van der Waals surface area contributed by atoms with Gasteiger partial charge in [-0.3, -0.25) is 0 Å². The van der Waals surface area contributed by atoms with Crippen molar-refractivity contribution in [2.75, 3.05) is 4.90 Å². The standard InChI is InChI=1S/C18H12N2O2/c1-12-5-7-14-9-13(11-19)6-8-17(14)20(12)16-4-2-3-15(10-16)18(21)22/h2-4,6-10H,1H3,(H,21,22). The summed E-state index contributed by atoms with van der Waals surface area (Å²) in [5.74, 6) is -0.962. The smallest absolute Gasteiger partial charge is 0.335 e. The second kappa shape index (κ2) is 5.25. The molecule has 0 saturated carbocycles. The molecule has 0 spiro atoms. The maximum Gasteiger partial charge on any atom is 0.335 e. The molecule has 0 fully saturated rings. The van der Waals surface area contributed by atoms with E-state index in [2.05, 4.69) is 11.8 Å². The summed E-state index contributed by atoms with van der Waals surface area (Å²) in [5.41, 5.74) is 7.35. The third kappa shape index (κ3) is 2.26. The minimum atomic E-state index is -0.962. The van der Waals surface area contributed by atoms with Gasteiger partial charge in [-0.2, -0.15) is 5.26 Å². The molecule has 0 aromatic heterocycles. The largest absolute Gasteiger partial charge is 0.478 e. The number of anilines is 2. The quantitative estimate of drug-likeness (QED) is 0.850. The third-order valence-electron chi connectivity index (χ3n) is 3.52. The monoisotopic (exact) mass is 288 g/mol. The zero-order chi connectivity index (χ0) is 15.7. The minimum absolute atomic E-state index is 0.232. The number of hydrogen-bond donors (Lipinski definition) is 1. The van der Waals surface area contributed by atoms with Gasteiger partial charge >= 0.3 is 5.97 Å². The van der Waals surface area contributed by atoms with E-state index in [1.54, 1.807) is 30.3 Å². The fraction of sp³-hybridized carbons (Fsp3) is 0.0556. The van der Waals surface area contributed by atoms with Crippen molar-refractivity contribution < 1.29 is 9.90 Å². The van der Waals surface area contributed by atoms with Gasteiger partial charge in [0.2, 0.25) is 0 Å². The first-order chi connectivity index (χ1) is 10.6. The Balaban J connectivity index is 2.17. The number of hydrogen-bond acceptors (Lipinski definition) is 3. The second-order valence-corrected chi connectivity index (χ2v) is 4.95. The van der Waals surface area contributed by atoms with Crippen LogP contribution in [0.25, 0.3) is 6.08 Å². The number of benzene rings is 2. The Hall–Kier alpha value is -3.28. The number of carboxylic acid groups (broad SMARTS) is 1. The summed E-state index contributed by atoms with van der Waals surface area (Å²) in [4.78, 5) is 13.1. The molecule has 2 aromatic rings. The highest BCUT2D eigenvalue weighted by Crippen LogP contribution is 2.36. The average Bonchev–Trinajstić information content (AvgIpc) is 2.54. The van der Waals surface area contributed by atoms with Gasteiger partial charge in [-0.1, -0.05) is 11.8 Å². The highest BCUT2D eigenvalue weighted by Gasteiger charge is 2.18. The molecule has 1 aliphatic rings. The molecule has 2 aromatic carbocycles. The van der Waals surface area contributed by atoms with E-state index in [1.165, 1.54) is 0 Å². The van der Waals surface area contributed by atoms with Crippen LogP contribution in [0.3, 0.4) is 0 Å². The van der Waals surface area contributed by atoms with Crippen molar-refractivity contribution in [1.82, 2.24) is 0 Å². The predicted octanol–water partition coefficient (Wildman–Crippen LogP) is 3.92. The molecule has 1 heterocycles. The summed E-state index contributed by atoms with van der Waals surface area (Å²) >= 11 is 0. The first kappa shape index (κ1) is 13.7. The van der Waals surface area contributed by atoms with Crippen molar-refractivity contribution in [3.8, 4) is 6.07 Å². The van der Waals surface area contributed by atoms with Gasteiger partial charge in [0.1, 0.15) is 0 Å². The normalized spacial score (nSPS) is 12.4. The molecule has 4 heteroatoms. The molecular weight excluding hydrogens is 276 g/mol. The summed E-state index contributed by atoms with van der Waals surface area (Å²) in [6.45, 7) is 1.91. The zero-order valence-electron chi connectivity index (χ0n) is 11.9. The molecule has 0 amide bonds. The van der Waals surface area contributed by atoms with Crippen molar-refractivity contribution in [2.24, 2.45) is 0 Å². The van der Waals surface area contributed by atoms with Gasteiger partial charge in [-0.15, -0.1) is 0 Å². The lowest BCUT2D eigenvalue weighted by Crippen LogP contribution is -2.17. The van der Waals surface area contributed by atoms with Gasteiger partial charge in [-0.05, 0) is 49.4 Å². The van der Waals surface area contributed by atoms with Crippen LogP contribution in [-0.4, -0.2) is 11.1 Å². The number of nitriles is 1. The van der Waals surface area contributed by atoms with Gasteiger partial charge in [0.15, 0.2) is 0 Å². The van der Waals surface area contributed by atoms with Crippen LogP contribution in [0.15, 0.2) is 53.9 Å². The van der Waals surface area contributed by atoms with E-state index < -0.39 is 5.97 Å². The summed E-state index contributed by atoms with van der Waals surface area (Å²) in [5, 5.41) is 18.2. The lowest BCUT2D eigenvalue weighted by atomic mass is 10.0. The number of aromatic carboxylic acids is 1. The van der Waals surface area contributed by atoms with Crippen LogP contribution in [0, 0.1) is 11.3 Å². The highest BCUT2D eigenvalue weighted by molar-refractivity contribution is 5.90. The molecule has 0 saturated heterocycles. The molecule has 1 aliphatic heterocycles. The van der Waals surface area contributed by atoms with Gasteiger partial charge in [0.05, 0.1) is 28.6 Å². The van der Waals surface area contributed by atoms with E-state index in [0.717, 1.165) is 22.6 Å². The molecule has 0 unspecified atom stereocenters. The van der Waals surface area contributed by atoms with Gasteiger partial charge < -0.3 is 10.0 Å². The van der Waals surface area contributed by atoms with Crippen LogP contribution < -0.4 is 4.90 Å². The predicted molar refractivity (Wildman–Crippen MR) is 83.9 cm³/mol. The Labute approximate surface area is 127 Å². The second-order valence-electron chi connectivity index (χ2n) is 4.95. The Morgan fingerprint density at radius 2 is 2.09 bits per heavy atom. The average molecular weight is 288 g/mol. The lowest BCUT2D eigenvalue weighted by Gasteiger charge is -2.28. The first-order valence-electron chi connectivity index (χ1n) is 6.71. The summed E-state index contributed by atoms with van der Waals surface area (Å²) in [7, 11) is 0. The molecule has 0 bridgehead atoms. The zero-order valence-corrected chi connectivity index (χ0v) is 11.9. The number of fused-ring (bicyclic) bond motifs is 1. The summed E-state index contributed by atoms with van der Waals surface area (Å²) in [6, 6.07) is 14.3. The van der Waals surface area contributed by atoms with Crippen LogP contribution >= 0.6 is 0 Å². The van der Waals surface area contributed by atoms with Crippen LogP contribution in [0.1, 0.15) is 28.4 Å². The number of allylic oxidation sites excluding steroid dienone is 1. The fourth-order valence-electron chi connectivity index (χ4n) is 2.48. The van der Waals surface area contributed by atoms with Crippen molar-refractivity contribution in [3.05, 3.63) is 70.6 Å². The number of rotatable bonds is 2. The highest BCUT2D eigenvalue weighted by atomic mass is 16.4. The molecule has 0 radical (unpaired) electrons. The van der Waals surface area contributed by atoms with Crippen molar-refractivity contribution in [1.29, 1.82) is 5.26 Å². The topological polar surface area (TPSA) is 64.3 Å². The molecule has 106 valence electrons. The number of carboxylic acids is 1. The van der Waals surface area contributed by atoms with E-state index in [9.17, 15) is 4.79 Å². The van der Waals surface area contributed by atoms with Gasteiger partial charge in [0, 0.05) is 11.3 Å². The molecule has 3 rings (SSSR count). The molecule has 4 nitrogen and oxygen atoms in total. The van der Waals surface area contributed by atoms with Crippen LogP contribution in [0.2, 0.25) is 0 Å². The third-order valence-corrected chi connectivity index (χ3v) is 3.52. The SMILES string of the molecule is CC1=C=Cc2cc(C#N)ccc2N1c1cccc(C(=O)O)c1. The fourth-order valence-corrected chi connectivity index (χ4v) is 2.48. The van der Waals surface area contributed by atoms with Crippen molar-refractivity contribution in [2.45, 2.75) is 6.92 Å². The lowest BCUT2D eigenvalue weighted by molar-refractivity contribution is 0.0697. The maximum absolute atomic E-state index is 11.2. The molecule has 1 N–H and O–H groups in total. The van der Waals surface area contributed by atoms with E-state index in [-0.39, 0.29) is 5.56 Å². The Bertz CT molecular complexity index is 884. The van der Waals surface area contributed by atoms with E-state index >= 15 is 0 Å². The molecule has 22 heavy (non-hydrogen) atoms. The van der Waals surface area contributed by atoms with E-state index in [0.29, 0.717) is 5.56 Å². The van der Waals surface area contributed by atoms with Crippen molar-refractivity contribution >= 4 is 23.4 Å². The molecule has 0 atom stereocenters. The number of carbonyl (C=O) groups is 1. The maximum atomic E-state index is 11.2. The number of nitrogens with zero attached hydrogens (tertiary/aromatic N) is 2. The molecule has 0 aliphatic carbocycles. The van der Waals surface area contributed by atoms with Crippen LogP contribution in [0.4, 0.5) is 11.4 Å². The summed E-state index contributed by atoms with van der Waals surface area (Å²) in [6.07, 6.45) is 1.84. The Kier molecular flexibility index (Phi) is 3.27. The first-order valence-corrected chi connectivity index (χ1v) is 6.71. The Morgan fingerprint density at radius 3 is 2.82 bits per heavy atom. The van der Waals surface area contributed by atoms with E-state index in [1.807, 2.05) is 30.0 Å². The van der Waals surface area contributed by atoms with E-state index in [4.69, 9.17) is 10.4 Å². The summed E-state index contributed by atoms with van der Waals surface area (Å²) < 4.78 is 0. The minimum Gasteiger partial charge on any atom is -0.478 e. The van der Waals surface area contributed by atoms with Crippen LogP contribution in [-0.2, 0) is 0 Å². The van der Waals surface area contributed by atoms with Gasteiger partial charge in [-0.25, -0.2) is 4.79 Å².